The topological polar surface area (TPSA) is 69.9 Å². The number of thiazole rings is 1. The number of fused-ring (bicyclic) bond motifs is 1. The van der Waals surface area contributed by atoms with Gasteiger partial charge in [-0.2, -0.15) is 0 Å². The lowest BCUT2D eigenvalue weighted by Crippen LogP contribution is -2.40. The van der Waals surface area contributed by atoms with Gasteiger partial charge in [0, 0.05) is 19.6 Å². The molecule has 5 rings (SSSR count). The van der Waals surface area contributed by atoms with Crippen LogP contribution in [0.25, 0.3) is 11.8 Å². The Labute approximate surface area is 278 Å². The zero-order valence-electron chi connectivity index (χ0n) is 22.6. The number of benzene rings is 3. The Kier molecular flexibility index (Phi) is 9.92. The van der Waals surface area contributed by atoms with Gasteiger partial charge in [0.1, 0.15) is 12.4 Å². The summed E-state index contributed by atoms with van der Waals surface area (Å²) in [5, 5.41) is 0. The third-order valence-electron chi connectivity index (χ3n) is 6.43. The molecule has 2 heterocycles. The standard InChI is InChI=1S/C32H24I2N2O4S2/c1-4-15-40-29-21(16-22(33)18-24(29)34)17-25-30(37)36-28(20-11-13-23(41-3)14-12-20)26(31(38)39-5-2)27(35-32(36)42-25)19-9-7-6-8-10-19/h1,6-14,16-18,28H,5,15H2,2-3H3/b25-17-/t28-/m0/s1. The van der Waals surface area contributed by atoms with Gasteiger partial charge in [-0.3, -0.25) is 9.36 Å². The quantitative estimate of drug-likeness (QED) is 0.0963. The zero-order valence-corrected chi connectivity index (χ0v) is 28.5. The highest BCUT2D eigenvalue weighted by Crippen LogP contribution is 2.36. The largest absolute Gasteiger partial charge is 0.479 e. The minimum Gasteiger partial charge on any atom is -0.479 e. The van der Waals surface area contributed by atoms with Crippen LogP contribution >= 0.6 is 68.3 Å². The number of terminal acetylenes is 1. The third kappa shape index (κ3) is 6.24. The molecule has 0 amide bonds. The average Bonchev–Trinajstić information content (AvgIpc) is 3.30. The first-order valence-electron chi connectivity index (χ1n) is 12.8. The number of carbonyl (C=O) groups is 1. The van der Waals surface area contributed by atoms with Crippen molar-refractivity contribution in [1.82, 2.24) is 4.57 Å². The Hall–Kier alpha value is -2.86. The van der Waals surface area contributed by atoms with Crippen LogP contribution in [0, 0.1) is 19.5 Å². The molecule has 0 saturated heterocycles. The van der Waals surface area contributed by atoms with Gasteiger partial charge in [0.15, 0.2) is 4.80 Å². The Balaban J connectivity index is 1.82. The number of hydrogen-bond acceptors (Lipinski definition) is 7. The first-order chi connectivity index (χ1) is 20.4. The SMILES string of the molecule is C#CCOc1c(I)cc(I)cc1/C=c1\sc2n(c1=O)[C@@H](c1ccc(SC)cc1)C(C(=O)OCC)=C(c1ccccc1)N=2. The number of thioether (sulfide) groups is 1. The van der Waals surface area contributed by atoms with Gasteiger partial charge >= 0.3 is 5.97 Å². The molecule has 0 unspecified atom stereocenters. The van der Waals surface area contributed by atoms with Gasteiger partial charge in [-0.1, -0.05) is 59.7 Å². The Morgan fingerprint density at radius 3 is 2.57 bits per heavy atom. The van der Waals surface area contributed by atoms with Gasteiger partial charge in [-0.05, 0) is 94.3 Å². The Morgan fingerprint density at radius 1 is 1.17 bits per heavy atom. The molecule has 0 fully saturated rings. The lowest BCUT2D eigenvalue weighted by molar-refractivity contribution is -0.138. The van der Waals surface area contributed by atoms with Crippen LogP contribution in [0.15, 0.2) is 87.0 Å². The second kappa shape index (κ2) is 13.6. The molecule has 3 aromatic carbocycles. The molecular weight excluding hydrogens is 794 g/mol. The second-order valence-corrected chi connectivity index (χ2v) is 13.3. The summed E-state index contributed by atoms with van der Waals surface area (Å²) in [6, 6.07) is 20.6. The molecule has 1 aliphatic heterocycles. The van der Waals surface area contributed by atoms with E-state index < -0.39 is 12.0 Å². The first-order valence-corrected chi connectivity index (χ1v) is 17.0. The number of esters is 1. The molecule has 0 aliphatic carbocycles. The predicted octanol–water partition coefficient (Wildman–Crippen LogP) is 5.88. The number of ether oxygens (including phenoxy) is 2. The summed E-state index contributed by atoms with van der Waals surface area (Å²) in [7, 11) is 0. The number of rotatable bonds is 8. The molecule has 1 aliphatic rings. The molecule has 0 saturated carbocycles. The van der Waals surface area contributed by atoms with Crippen LogP contribution in [0.3, 0.4) is 0 Å². The minimum atomic E-state index is -0.734. The molecule has 6 nitrogen and oxygen atoms in total. The van der Waals surface area contributed by atoms with Crippen LogP contribution in [-0.4, -0.2) is 30.0 Å². The molecule has 0 N–H and O–H groups in total. The van der Waals surface area contributed by atoms with E-state index in [-0.39, 0.29) is 18.8 Å². The maximum atomic E-state index is 14.2. The van der Waals surface area contributed by atoms with Crippen molar-refractivity contribution in [1.29, 1.82) is 0 Å². The molecule has 10 heteroatoms. The van der Waals surface area contributed by atoms with Gasteiger partial charge in [0.2, 0.25) is 0 Å². The first kappa shape index (κ1) is 30.6. The number of halogens is 2. The summed E-state index contributed by atoms with van der Waals surface area (Å²) in [5.41, 5.74) is 2.84. The number of hydrogen-bond donors (Lipinski definition) is 0. The minimum absolute atomic E-state index is 0.105. The Morgan fingerprint density at radius 2 is 1.90 bits per heavy atom. The summed E-state index contributed by atoms with van der Waals surface area (Å²) < 4.78 is 15.4. The van der Waals surface area contributed by atoms with Gasteiger partial charge in [0.25, 0.3) is 5.56 Å². The van der Waals surface area contributed by atoms with Crippen LogP contribution in [0.1, 0.15) is 29.7 Å². The number of aromatic nitrogens is 1. The fraction of sp³-hybridized carbons (Fsp3) is 0.156. The molecule has 0 spiro atoms. The lowest BCUT2D eigenvalue weighted by atomic mass is 9.93. The van der Waals surface area contributed by atoms with Crippen molar-refractivity contribution in [3.63, 3.8) is 0 Å². The molecule has 42 heavy (non-hydrogen) atoms. The van der Waals surface area contributed by atoms with E-state index in [1.165, 1.54) is 11.3 Å². The smallest absolute Gasteiger partial charge is 0.338 e. The van der Waals surface area contributed by atoms with E-state index in [9.17, 15) is 9.59 Å². The van der Waals surface area contributed by atoms with Gasteiger partial charge < -0.3 is 9.47 Å². The van der Waals surface area contributed by atoms with Crippen LogP contribution < -0.4 is 19.6 Å². The average molecular weight is 818 g/mol. The van der Waals surface area contributed by atoms with Crippen molar-refractivity contribution in [2.24, 2.45) is 4.99 Å². The highest BCUT2D eigenvalue weighted by atomic mass is 127. The van der Waals surface area contributed by atoms with Crippen molar-refractivity contribution < 1.29 is 14.3 Å². The normalized spacial score (nSPS) is 14.6. The van der Waals surface area contributed by atoms with Crippen molar-refractivity contribution in [3.05, 3.63) is 116 Å². The highest BCUT2D eigenvalue weighted by molar-refractivity contribution is 14.1. The fourth-order valence-corrected chi connectivity index (χ4v) is 8.08. The number of carbonyl (C=O) groups excluding carboxylic acids is 1. The van der Waals surface area contributed by atoms with Crippen molar-refractivity contribution in [2.75, 3.05) is 19.5 Å². The summed E-state index contributed by atoms with van der Waals surface area (Å²) >= 11 is 7.33. The maximum Gasteiger partial charge on any atom is 0.338 e. The molecule has 0 radical (unpaired) electrons. The maximum absolute atomic E-state index is 14.2. The van der Waals surface area contributed by atoms with E-state index in [1.54, 1.807) is 23.3 Å². The van der Waals surface area contributed by atoms with Crippen LogP contribution in [0.5, 0.6) is 5.75 Å². The van der Waals surface area contributed by atoms with E-state index in [0.717, 1.165) is 28.7 Å². The van der Waals surface area contributed by atoms with Gasteiger partial charge in [-0.15, -0.1) is 18.2 Å². The van der Waals surface area contributed by atoms with E-state index in [4.69, 9.17) is 20.9 Å². The van der Waals surface area contributed by atoms with Gasteiger partial charge in [-0.25, -0.2) is 9.79 Å². The molecule has 212 valence electrons. The van der Waals surface area contributed by atoms with Crippen LogP contribution in [0.2, 0.25) is 0 Å². The number of nitrogens with zero attached hydrogens (tertiary/aromatic N) is 2. The fourth-order valence-electron chi connectivity index (χ4n) is 4.64. The van der Waals surface area contributed by atoms with Gasteiger partial charge in [0.05, 0.1) is 32.0 Å². The lowest BCUT2D eigenvalue weighted by Gasteiger charge is -2.26. The molecule has 1 atom stereocenters. The second-order valence-electron chi connectivity index (χ2n) is 9.00. The summed E-state index contributed by atoms with van der Waals surface area (Å²) in [6.07, 6.45) is 9.27. The Bertz CT molecular complexity index is 1910. The zero-order chi connectivity index (χ0) is 29.8. The molecule has 4 aromatic rings. The van der Waals surface area contributed by atoms with Crippen LogP contribution in [0.4, 0.5) is 0 Å². The van der Waals surface area contributed by atoms with Crippen molar-refractivity contribution in [3.8, 4) is 18.1 Å². The van der Waals surface area contributed by atoms with Crippen molar-refractivity contribution in [2.45, 2.75) is 17.9 Å². The highest BCUT2D eigenvalue weighted by Gasteiger charge is 2.35. The molecule has 0 bridgehead atoms. The third-order valence-corrected chi connectivity index (χ3v) is 9.58. The van der Waals surface area contributed by atoms with E-state index in [2.05, 4.69) is 51.1 Å². The summed E-state index contributed by atoms with van der Waals surface area (Å²) in [6.45, 7) is 2.06. The van der Waals surface area contributed by atoms with E-state index >= 15 is 0 Å². The summed E-state index contributed by atoms with van der Waals surface area (Å²) in [5.74, 6) is 2.61. The van der Waals surface area contributed by atoms with E-state index in [0.29, 0.717) is 26.4 Å². The van der Waals surface area contributed by atoms with Crippen LogP contribution in [-0.2, 0) is 9.53 Å². The van der Waals surface area contributed by atoms with Crippen molar-refractivity contribution >= 4 is 86.0 Å². The summed E-state index contributed by atoms with van der Waals surface area (Å²) in [4.78, 5) is 34.3. The molecular formula is C32H24I2N2O4S2. The monoisotopic (exact) mass is 818 g/mol. The predicted molar refractivity (Wildman–Crippen MR) is 185 cm³/mol. The van der Waals surface area contributed by atoms with E-state index in [1.807, 2.05) is 79.1 Å². The molecule has 1 aromatic heterocycles.